The molecule has 0 amide bonds. The first kappa shape index (κ1) is 10.5. The smallest absolute Gasteiger partial charge is 0.0342 e. The highest BCUT2D eigenvalue weighted by Gasteiger charge is 2.12. The van der Waals surface area contributed by atoms with Gasteiger partial charge in [-0.1, -0.05) is 31.4 Å². The SMILES string of the molecule is NCc1ccc(NC2CCCCC2)cc1. The van der Waals surface area contributed by atoms with Crippen molar-refractivity contribution < 1.29 is 0 Å². The van der Waals surface area contributed by atoms with Crippen LogP contribution < -0.4 is 11.1 Å². The van der Waals surface area contributed by atoms with E-state index in [0.29, 0.717) is 12.6 Å². The Bertz CT molecular complexity index is 286. The monoisotopic (exact) mass is 204 g/mol. The minimum atomic E-state index is 0.629. The summed E-state index contributed by atoms with van der Waals surface area (Å²) in [5, 5.41) is 3.59. The van der Waals surface area contributed by atoms with Crippen LogP contribution >= 0.6 is 0 Å². The van der Waals surface area contributed by atoms with Crippen molar-refractivity contribution in [3.63, 3.8) is 0 Å². The first-order chi connectivity index (χ1) is 7.38. The van der Waals surface area contributed by atoms with Crippen molar-refractivity contribution in [2.24, 2.45) is 5.73 Å². The normalized spacial score (nSPS) is 17.7. The molecule has 2 heteroatoms. The molecule has 1 aliphatic carbocycles. The van der Waals surface area contributed by atoms with Gasteiger partial charge in [-0.3, -0.25) is 0 Å². The Morgan fingerprint density at radius 1 is 1.07 bits per heavy atom. The summed E-state index contributed by atoms with van der Waals surface area (Å²) in [4.78, 5) is 0. The van der Waals surface area contributed by atoms with Gasteiger partial charge >= 0.3 is 0 Å². The first-order valence-electron chi connectivity index (χ1n) is 5.94. The Labute approximate surface area is 91.9 Å². The summed E-state index contributed by atoms with van der Waals surface area (Å²) >= 11 is 0. The molecule has 3 N–H and O–H groups in total. The van der Waals surface area contributed by atoms with Crippen molar-refractivity contribution in [1.29, 1.82) is 0 Å². The van der Waals surface area contributed by atoms with Gasteiger partial charge in [0, 0.05) is 18.3 Å². The van der Waals surface area contributed by atoms with E-state index in [2.05, 4.69) is 29.6 Å². The summed E-state index contributed by atoms with van der Waals surface area (Å²) in [6, 6.07) is 9.16. The molecular weight excluding hydrogens is 184 g/mol. The second kappa shape index (κ2) is 5.17. The molecule has 0 bridgehead atoms. The Hall–Kier alpha value is -1.02. The molecule has 2 nitrogen and oxygen atoms in total. The van der Waals surface area contributed by atoms with Gasteiger partial charge in [0.1, 0.15) is 0 Å². The van der Waals surface area contributed by atoms with Crippen LogP contribution in [0.2, 0.25) is 0 Å². The second-order valence-corrected chi connectivity index (χ2v) is 4.38. The van der Waals surface area contributed by atoms with Gasteiger partial charge < -0.3 is 11.1 Å². The molecule has 0 radical (unpaired) electrons. The average molecular weight is 204 g/mol. The zero-order valence-corrected chi connectivity index (χ0v) is 9.21. The molecule has 0 heterocycles. The van der Waals surface area contributed by atoms with E-state index < -0.39 is 0 Å². The van der Waals surface area contributed by atoms with Crippen molar-refractivity contribution in [3.05, 3.63) is 29.8 Å². The topological polar surface area (TPSA) is 38.0 Å². The highest BCUT2D eigenvalue weighted by atomic mass is 14.9. The Kier molecular flexibility index (Phi) is 3.62. The quantitative estimate of drug-likeness (QED) is 0.794. The fourth-order valence-corrected chi connectivity index (χ4v) is 2.22. The molecule has 0 aromatic heterocycles. The van der Waals surface area contributed by atoms with Crippen LogP contribution in [0, 0.1) is 0 Å². The van der Waals surface area contributed by atoms with Crippen molar-refractivity contribution in [1.82, 2.24) is 0 Å². The first-order valence-corrected chi connectivity index (χ1v) is 5.94. The molecule has 1 saturated carbocycles. The predicted molar refractivity (Wildman–Crippen MR) is 64.8 cm³/mol. The summed E-state index contributed by atoms with van der Waals surface area (Å²) in [5.41, 5.74) is 8.00. The molecule has 1 aromatic carbocycles. The maximum Gasteiger partial charge on any atom is 0.0342 e. The van der Waals surface area contributed by atoms with Gasteiger partial charge in [-0.2, -0.15) is 0 Å². The van der Waals surface area contributed by atoms with Crippen molar-refractivity contribution in [2.75, 3.05) is 5.32 Å². The molecule has 1 aromatic rings. The van der Waals surface area contributed by atoms with Crippen LogP contribution in [0.4, 0.5) is 5.69 Å². The molecule has 1 fully saturated rings. The van der Waals surface area contributed by atoms with Crippen LogP contribution in [-0.2, 0) is 6.54 Å². The Morgan fingerprint density at radius 3 is 2.33 bits per heavy atom. The van der Waals surface area contributed by atoms with E-state index in [9.17, 15) is 0 Å². The standard InChI is InChI=1S/C13H20N2/c14-10-11-6-8-13(9-7-11)15-12-4-2-1-3-5-12/h6-9,12,15H,1-5,10,14H2. The predicted octanol–water partition coefficient (Wildman–Crippen LogP) is 2.89. The molecule has 1 aliphatic rings. The number of nitrogens with two attached hydrogens (primary N) is 1. The minimum absolute atomic E-state index is 0.629. The van der Waals surface area contributed by atoms with E-state index in [1.54, 1.807) is 0 Å². The van der Waals surface area contributed by atoms with E-state index in [0.717, 1.165) is 0 Å². The molecule has 0 spiro atoms. The van der Waals surface area contributed by atoms with Crippen LogP contribution in [-0.4, -0.2) is 6.04 Å². The molecule has 2 rings (SSSR count). The van der Waals surface area contributed by atoms with Gasteiger partial charge in [0.2, 0.25) is 0 Å². The lowest BCUT2D eigenvalue weighted by Gasteiger charge is -2.23. The zero-order chi connectivity index (χ0) is 10.5. The third kappa shape index (κ3) is 2.96. The summed E-state index contributed by atoms with van der Waals surface area (Å²) < 4.78 is 0. The third-order valence-electron chi connectivity index (χ3n) is 3.17. The Balaban J connectivity index is 1.91. The largest absolute Gasteiger partial charge is 0.382 e. The van der Waals surface area contributed by atoms with Crippen molar-refractivity contribution >= 4 is 5.69 Å². The van der Waals surface area contributed by atoms with Gasteiger partial charge in [0.15, 0.2) is 0 Å². The number of nitrogens with one attached hydrogen (secondary N) is 1. The molecule has 0 aliphatic heterocycles. The third-order valence-corrected chi connectivity index (χ3v) is 3.17. The minimum Gasteiger partial charge on any atom is -0.382 e. The van der Waals surface area contributed by atoms with Gasteiger partial charge in [-0.15, -0.1) is 0 Å². The fraction of sp³-hybridized carbons (Fsp3) is 0.538. The molecule has 15 heavy (non-hydrogen) atoms. The number of hydrogen-bond donors (Lipinski definition) is 2. The van der Waals surface area contributed by atoms with Gasteiger partial charge in [-0.25, -0.2) is 0 Å². The highest BCUT2D eigenvalue weighted by molar-refractivity contribution is 5.45. The molecule has 0 unspecified atom stereocenters. The molecule has 0 atom stereocenters. The Morgan fingerprint density at radius 2 is 1.73 bits per heavy atom. The highest BCUT2D eigenvalue weighted by Crippen LogP contribution is 2.21. The fourth-order valence-electron chi connectivity index (χ4n) is 2.22. The summed E-state index contributed by atoms with van der Waals surface area (Å²) in [5.74, 6) is 0. The van der Waals surface area contributed by atoms with Gasteiger partial charge in [0.05, 0.1) is 0 Å². The lowest BCUT2D eigenvalue weighted by molar-refractivity contribution is 0.463. The van der Waals surface area contributed by atoms with Crippen molar-refractivity contribution in [2.45, 2.75) is 44.7 Å². The van der Waals surface area contributed by atoms with Crippen LogP contribution in [0.15, 0.2) is 24.3 Å². The lowest BCUT2D eigenvalue weighted by atomic mass is 9.95. The van der Waals surface area contributed by atoms with E-state index in [1.165, 1.54) is 43.4 Å². The van der Waals surface area contributed by atoms with Crippen LogP contribution in [0.25, 0.3) is 0 Å². The van der Waals surface area contributed by atoms with Crippen LogP contribution in [0.3, 0.4) is 0 Å². The lowest BCUT2D eigenvalue weighted by Crippen LogP contribution is -2.22. The summed E-state index contributed by atoms with van der Waals surface area (Å²) in [6.45, 7) is 0.629. The number of benzene rings is 1. The maximum atomic E-state index is 5.56. The summed E-state index contributed by atoms with van der Waals surface area (Å²) in [6.07, 6.45) is 6.79. The number of hydrogen-bond acceptors (Lipinski definition) is 2. The molecule has 82 valence electrons. The zero-order valence-electron chi connectivity index (χ0n) is 9.21. The molecular formula is C13H20N2. The van der Waals surface area contributed by atoms with E-state index >= 15 is 0 Å². The van der Waals surface area contributed by atoms with Gasteiger partial charge in [0.25, 0.3) is 0 Å². The number of anilines is 1. The van der Waals surface area contributed by atoms with Crippen LogP contribution in [0.5, 0.6) is 0 Å². The van der Waals surface area contributed by atoms with E-state index in [1.807, 2.05) is 0 Å². The number of rotatable bonds is 3. The van der Waals surface area contributed by atoms with Crippen LogP contribution in [0.1, 0.15) is 37.7 Å². The van der Waals surface area contributed by atoms with Crippen molar-refractivity contribution in [3.8, 4) is 0 Å². The second-order valence-electron chi connectivity index (χ2n) is 4.38. The molecule has 0 saturated heterocycles. The average Bonchev–Trinajstić information content (AvgIpc) is 2.31. The van der Waals surface area contributed by atoms with E-state index in [-0.39, 0.29) is 0 Å². The van der Waals surface area contributed by atoms with E-state index in [4.69, 9.17) is 5.73 Å². The van der Waals surface area contributed by atoms with Gasteiger partial charge in [-0.05, 0) is 30.5 Å². The summed E-state index contributed by atoms with van der Waals surface area (Å²) in [7, 11) is 0. The maximum absolute atomic E-state index is 5.56.